The van der Waals surface area contributed by atoms with Crippen LogP contribution in [-0.4, -0.2) is 388 Å². The summed E-state index contributed by atoms with van der Waals surface area (Å²) < 4.78 is 71.6. The third-order valence-electron chi connectivity index (χ3n) is 17.3. The van der Waals surface area contributed by atoms with Crippen LogP contribution >= 0.6 is 0 Å². The number of ether oxygens (including phenoxy) is 12. The summed E-state index contributed by atoms with van der Waals surface area (Å²) in [6.07, 6.45) is -61.9. The zero-order chi connectivity index (χ0) is 73.2. The predicted octanol–water partition coefficient (Wildman–Crippen LogP) is -14.8. The third kappa shape index (κ3) is 19.3. The van der Waals surface area contributed by atoms with E-state index in [1.54, 1.807) is 0 Å². The molecule has 99 heavy (non-hydrogen) atoms. The Labute approximate surface area is 562 Å². The molecular formula is C57H92N6O36. The normalized spacial score (nSPS) is 40.9. The minimum absolute atomic E-state index is 0.0108. The summed E-state index contributed by atoms with van der Waals surface area (Å²) in [6, 6.07) is -1.04. The minimum atomic E-state index is -2.49. The van der Waals surface area contributed by atoms with Gasteiger partial charge in [0.1, 0.15) is 165 Å². The summed E-state index contributed by atoms with van der Waals surface area (Å²) >= 11 is 0. The predicted molar refractivity (Wildman–Crippen MR) is 317 cm³/mol. The summed E-state index contributed by atoms with van der Waals surface area (Å²) in [5.41, 5.74) is 5.65. The molecule has 566 valence electrons. The molecule has 7 rings (SSSR count). The molecule has 5 amide bonds. The Morgan fingerprint density at radius 2 is 0.869 bits per heavy atom. The molecule has 0 saturated carbocycles. The van der Waals surface area contributed by atoms with Crippen molar-refractivity contribution in [3.8, 4) is 0 Å². The largest absolute Gasteiger partial charge is 0.394 e. The first-order valence-electron chi connectivity index (χ1n) is 31.4. The van der Waals surface area contributed by atoms with Crippen LogP contribution in [0.5, 0.6) is 0 Å². The number of nitrogens with two attached hydrogens (primary N) is 1. The van der Waals surface area contributed by atoms with Crippen molar-refractivity contribution < 1.29 is 178 Å². The van der Waals surface area contributed by atoms with Gasteiger partial charge < -0.3 is 186 Å². The molecule has 26 N–H and O–H groups in total. The van der Waals surface area contributed by atoms with E-state index < -0.39 is 291 Å². The lowest BCUT2D eigenvalue weighted by atomic mass is 9.94. The standard InChI is InChI=1S/C57H92N6O36/c1-17(70)60-23(9-59-22-8-6-5-7-21(22)51(58)87)34(75)46(24(74)10-64)95-54-33(63-20(4)73)42(83)47(29(15-69)93-54)96-55-45(86)48(97-57-50(44(85)38(79)28(14-68)92-57)99-53-32(62-19(3)72)41(82)36(77)26(12-66)90-53)39(80)30(94-55)16-88-56-49(43(84)37(78)27(13-67)91-56)98-52-31(61-18(2)71)40(81)35(76)25(11-65)89-52/h5-8,23-50,52-57,59,64-69,74-86H,9-16H2,1-4H3,(H2,58,87)(H,60,70)(H,61,71)(H,62,72)(H,63,73)/t23-,24+,25+,26+,27+,28+,29+,30+,31+,32+,33+,34+,35+,36+,37+,38+,39+,40+,41+,42+,43-,44-,45-,46+,47+,48-,49-,50-,52-,53-,54-,55-,56-,57+/m0/s1. The number of aliphatic hydroxyl groups is 19. The molecule has 6 fully saturated rings. The molecule has 6 aliphatic rings. The zero-order valence-electron chi connectivity index (χ0n) is 53.6. The van der Waals surface area contributed by atoms with Crippen LogP contribution in [0.2, 0.25) is 0 Å². The average Bonchev–Trinajstić information content (AvgIpc) is 0.780. The van der Waals surface area contributed by atoms with Gasteiger partial charge in [-0.25, -0.2) is 0 Å². The van der Waals surface area contributed by atoms with Gasteiger partial charge in [0.05, 0.1) is 57.9 Å². The second-order valence-corrected chi connectivity index (χ2v) is 24.4. The van der Waals surface area contributed by atoms with Crippen molar-refractivity contribution in [1.82, 2.24) is 21.3 Å². The molecule has 6 saturated heterocycles. The molecular weight excluding hydrogens is 1340 g/mol. The van der Waals surface area contributed by atoms with Gasteiger partial charge in [0, 0.05) is 39.9 Å². The van der Waals surface area contributed by atoms with Gasteiger partial charge in [0.15, 0.2) is 37.7 Å². The number of aliphatic hydroxyl groups excluding tert-OH is 19. The van der Waals surface area contributed by atoms with Crippen molar-refractivity contribution in [2.45, 2.75) is 236 Å². The van der Waals surface area contributed by atoms with E-state index in [9.17, 15) is 121 Å². The number of nitrogens with one attached hydrogen (secondary N) is 5. The van der Waals surface area contributed by atoms with Crippen LogP contribution in [0.3, 0.4) is 0 Å². The Kier molecular flexibility index (Phi) is 30.0. The SMILES string of the molecule is CC(=O)N[C@H]1[C@H](O[C@@H]([C@H](O)[C@H](CNc2ccccc2C(N)=O)NC(C)=O)[C@H](O)CO)O[C@H](CO)[C@@H](O[C@@H]2O[C@H](CO[C@H]3O[C@H](CO)[C@@H](O)[C@H](O)[C@@H]3O[C@@H]3O[C@H](CO)[C@@H](O)[C@H](O)[C@H]3NC(C)=O)[C@@H](O)[C@H](O[C@H]3O[C@H](CO)[C@@H](O)[C@H](O)[C@@H]3O[C@@H]3O[C@H](CO)[C@@H](O)[C@H](O)[C@H]3NC(C)=O)[C@@H]2O)[C@@H]1O. The minimum Gasteiger partial charge on any atom is -0.394 e. The van der Waals surface area contributed by atoms with Crippen LogP contribution in [0.1, 0.15) is 38.1 Å². The van der Waals surface area contributed by atoms with E-state index in [0.29, 0.717) is 0 Å². The molecule has 0 spiro atoms. The van der Waals surface area contributed by atoms with Gasteiger partial charge in [-0.3, -0.25) is 24.0 Å². The Hall–Kier alpha value is -4.87. The molecule has 6 heterocycles. The van der Waals surface area contributed by atoms with Crippen molar-refractivity contribution >= 4 is 35.2 Å². The van der Waals surface area contributed by atoms with E-state index in [-0.39, 0.29) is 11.3 Å². The van der Waals surface area contributed by atoms with E-state index in [0.717, 1.165) is 27.7 Å². The van der Waals surface area contributed by atoms with Crippen molar-refractivity contribution in [3.05, 3.63) is 29.8 Å². The smallest absolute Gasteiger partial charge is 0.250 e. The fraction of sp³-hybridized carbons (Fsp3) is 0.807. The number of primary amides is 1. The van der Waals surface area contributed by atoms with Gasteiger partial charge in [-0.05, 0) is 12.1 Å². The highest BCUT2D eigenvalue weighted by molar-refractivity contribution is 5.98. The highest BCUT2D eigenvalue weighted by Gasteiger charge is 2.59. The molecule has 42 heteroatoms. The number of amides is 5. The lowest BCUT2D eigenvalue weighted by Crippen LogP contribution is -2.70. The second kappa shape index (κ2) is 36.5. The number of hydrogen-bond acceptors (Lipinski definition) is 37. The highest BCUT2D eigenvalue weighted by atomic mass is 16.8. The summed E-state index contributed by atoms with van der Waals surface area (Å²) in [5, 5.41) is 224. The molecule has 0 aliphatic carbocycles. The first-order chi connectivity index (χ1) is 46.8. The van der Waals surface area contributed by atoms with Crippen LogP contribution in [0.4, 0.5) is 5.69 Å². The summed E-state index contributed by atoms with van der Waals surface area (Å²) in [6.45, 7) is -3.99. The van der Waals surface area contributed by atoms with Crippen LogP contribution in [0.15, 0.2) is 24.3 Å². The first kappa shape index (κ1) is 81.4. The molecule has 6 aliphatic heterocycles. The lowest BCUT2D eigenvalue weighted by Gasteiger charge is -2.50. The maximum atomic E-state index is 13.0. The molecule has 0 unspecified atom stereocenters. The molecule has 1 aromatic rings. The van der Waals surface area contributed by atoms with E-state index in [4.69, 9.17) is 62.6 Å². The lowest BCUT2D eigenvalue weighted by molar-refractivity contribution is -0.395. The number of carbonyl (C=O) groups excluding carboxylic acids is 5. The molecule has 34 atom stereocenters. The van der Waals surface area contributed by atoms with E-state index >= 15 is 0 Å². The van der Waals surface area contributed by atoms with Gasteiger partial charge in [-0.15, -0.1) is 0 Å². The van der Waals surface area contributed by atoms with E-state index in [2.05, 4.69) is 26.6 Å². The molecule has 0 bridgehead atoms. The Morgan fingerprint density at radius 1 is 0.455 bits per heavy atom. The monoisotopic (exact) mass is 1440 g/mol. The number of rotatable bonds is 30. The van der Waals surface area contributed by atoms with Crippen LogP contribution in [-0.2, 0) is 76.0 Å². The van der Waals surface area contributed by atoms with Crippen molar-refractivity contribution in [2.24, 2.45) is 5.73 Å². The van der Waals surface area contributed by atoms with Crippen molar-refractivity contribution in [2.75, 3.05) is 58.1 Å². The number of para-hydroxylation sites is 1. The Balaban J connectivity index is 1.25. The number of benzene rings is 1. The van der Waals surface area contributed by atoms with Crippen LogP contribution in [0.25, 0.3) is 0 Å². The molecule has 0 aromatic heterocycles. The maximum absolute atomic E-state index is 13.0. The molecule has 42 nitrogen and oxygen atoms in total. The number of anilines is 1. The summed E-state index contributed by atoms with van der Waals surface area (Å²) in [5.74, 6) is -4.22. The Morgan fingerprint density at radius 3 is 1.33 bits per heavy atom. The molecule has 1 aromatic carbocycles. The van der Waals surface area contributed by atoms with Crippen LogP contribution in [0, 0.1) is 0 Å². The number of carbonyl (C=O) groups is 5. The second-order valence-electron chi connectivity index (χ2n) is 24.4. The maximum Gasteiger partial charge on any atom is 0.250 e. The van der Waals surface area contributed by atoms with Crippen LogP contribution < -0.4 is 32.3 Å². The van der Waals surface area contributed by atoms with Gasteiger partial charge in [0.25, 0.3) is 5.91 Å². The van der Waals surface area contributed by atoms with Gasteiger partial charge >= 0.3 is 0 Å². The van der Waals surface area contributed by atoms with E-state index in [1.807, 2.05) is 0 Å². The Bertz CT molecular complexity index is 2760. The fourth-order valence-electron chi connectivity index (χ4n) is 12.2. The van der Waals surface area contributed by atoms with Crippen molar-refractivity contribution in [1.29, 1.82) is 0 Å². The zero-order valence-corrected chi connectivity index (χ0v) is 53.6. The van der Waals surface area contributed by atoms with Gasteiger partial charge in [-0.1, -0.05) is 12.1 Å². The summed E-state index contributed by atoms with van der Waals surface area (Å²) in [4.78, 5) is 62.6. The average molecular weight is 1440 g/mol. The fourth-order valence-corrected chi connectivity index (χ4v) is 12.2. The van der Waals surface area contributed by atoms with Crippen molar-refractivity contribution in [3.63, 3.8) is 0 Å². The third-order valence-corrected chi connectivity index (χ3v) is 17.3. The quantitative estimate of drug-likeness (QED) is 0.0340. The number of hydrogen-bond donors (Lipinski definition) is 25. The van der Waals surface area contributed by atoms with Gasteiger partial charge in [-0.2, -0.15) is 0 Å². The molecule has 0 radical (unpaired) electrons. The summed E-state index contributed by atoms with van der Waals surface area (Å²) in [7, 11) is 0. The topological polar surface area (TPSA) is 667 Å². The van der Waals surface area contributed by atoms with Gasteiger partial charge in [0.2, 0.25) is 23.6 Å². The highest BCUT2D eigenvalue weighted by Crippen LogP contribution is 2.38. The van der Waals surface area contributed by atoms with E-state index in [1.165, 1.54) is 24.3 Å². The first-order valence-corrected chi connectivity index (χ1v) is 31.4.